The zero-order chi connectivity index (χ0) is 9.94. The molecule has 0 radical (unpaired) electrons. The highest BCUT2D eigenvalue weighted by Crippen LogP contribution is 2.00. The summed E-state index contributed by atoms with van der Waals surface area (Å²) in [5.41, 5.74) is 0. The SMILES string of the molecule is CCSCCN(C)CCCCCO. The highest BCUT2D eigenvalue weighted by Gasteiger charge is 1.97. The molecular formula is C10H23NOS. The van der Waals surface area contributed by atoms with Crippen molar-refractivity contribution in [3.8, 4) is 0 Å². The first kappa shape index (κ1) is 13.3. The van der Waals surface area contributed by atoms with Gasteiger partial charge in [-0.1, -0.05) is 6.92 Å². The lowest BCUT2D eigenvalue weighted by atomic mass is 10.2. The highest BCUT2D eigenvalue weighted by atomic mass is 32.2. The highest BCUT2D eigenvalue weighted by molar-refractivity contribution is 7.99. The van der Waals surface area contributed by atoms with Gasteiger partial charge in [0, 0.05) is 18.9 Å². The Bertz CT molecular complexity index is 101. The number of hydrogen-bond donors (Lipinski definition) is 1. The van der Waals surface area contributed by atoms with Crippen LogP contribution in [0.1, 0.15) is 26.2 Å². The minimum absolute atomic E-state index is 0.343. The van der Waals surface area contributed by atoms with E-state index in [0.717, 1.165) is 12.8 Å². The second-order valence-electron chi connectivity index (χ2n) is 3.28. The maximum atomic E-state index is 8.59. The first-order chi connectivity index (χ1) is 6.31. The minimum atomic E-state index is 0.343. The van der Waals surface area contributed by atoms with Crippen LogP contribution in [0.5, 0.6) is 0 Å². The van der Waals surface area contributed by atoms with Crippen LogP contribution in [-0.4, -0.2) is 48.3 Å². The molecule has 3 heteroatoms. The third kappa shape index (κ3) is 10.2. The van der Waals surface area contributed by atoms with Gasteiger partial charge in [-0.2, -0.15) is 11.8 Å². The minimum Gasteiger partial charge on any atom is -0.396 e. The Balaban J connectivity index is 3.05. The molecule has 0 saturated heterocycles. The van der Waals surface area contributed by atoms with Crippen molar-refractivity contribution in [2.45, 2.75) is 26.2 Å². The number of thioether (sulfide) groups is 1. The average Bonchev–Trinajstić information content (AvgIpc) is 2.13. The zero-order valence-corrected chi connectivity index (χ0v) is 9.78. The van der Waals surface area contributed by atoms with Gasteiger partial charge in [0.15, 0.2) is 0 Å². The molecule has 0 heterocycles. The molecule has 1 N–H and O–H groups in total. The maximum absolute atomic E-state index is 8.59. The molecule has 0 fully saturated rings. The first-order valence-corrected chi connectivity index (χ1v) is 6.34. The van der Waals surface area contributed by atoms with E-state index in [9.17, 15) is 0 Å². The Kier molecular flexibility index (Phi) is 10.6. The molecule has 80 valence electrons. The van der Waals surface area contributed by atoms with Crippen LogP contribution in [0.4, 0.5) is 0 Å². The van der Waals surface area contributed by atoms with E-state index in [-0.39, 0.29) is 0 Å². The van der Waals surface area contributed by atoms with Crippen molar-refractivity contribution in [2.75, 3.05) is 38.2 Å². The summed E-state index contributed by atoms with van der Waals surface area (Å²) in [5.74, 6) is 2.46. The monoisotopic (exact) mass is 205 g/mol. The van der Waals surface area contributed by atoms with Crippen LogP contribution in [0.3, 0.4) is 0 Å². The predicted octanol–water partition coefficient (Wildman–Crippen LogP) is 1.83. The summed E-state index contributed by atoms with van der Waals surface area (Å²) < 4.78 is 0. The standard InChI is InChI=1S/C10H23NOS/c1-3-13-10-8-11(2)7-5-4-6-9-12/h12H,3-10H2,1-2H3. The van der Waals surface area contributed by atoms with Crippen molar-refractivity contribution < 1.29 is 5.11 Å². The van der Waals surface area contributed by atoms with Crippen molar-refractivity contribution in [3.63, 3.8) is 0 Å². The Morgan fingerprint density at radius 1 is 1.15 bits per heavy atom. The topological polar surface area (TPSA) is 23.5 Å². The second kappa shape index (κ2) is 10.4. The van der Waals surface area contributed by atoms with Crippen LogP contribution in [0.15, 0.2) is 0 Å². The molecule has 0 unspecified atom stereocenters. The Hall–Kier alpha value is 0.270. The smallest absolute Gasteiger partial charge is 0.0431 e. The van der Waals surface area contributed by atoms with Gasteiger partial charge in [-0.15, -0.1) is 0 Å². The normalized spacial score (nSPS) is 11.1. The largest absolute Gasteiger partial charge is 0.396 e. The summed E-state index contributed by atoms with van der Waals surface area (Å²) in [6.45, 7) is 4.91. The fraction of sp³-hybridized carbons (Fsp3) is 1.00. The molecule has 0 aromatic carbocycles. The Morgan fingerprint density at radius 2 is 1.92 bits per heavy atom. The Labute approximate surface area is 86.7 Å². The fourth-order valence-corrected chi connectivity index (χ4v) is 1.88. The summed E-state index contributed by atoms with van der Waals surface area (Å²) in [5, 5.41) is 8.59. The van der Waals surface area contributed by atoms with Crippen molar-refractivity contribution in [1.82, 2.24) is 4.90 Å². The molecule has 13 heavy (non-hydrogen) atoms. The molecule has 0 aliphatic carbocycles. The molecule has 0 amide bonds. The van der Waals surface area contributed by atoms with Crippen LogP contribution >= 0.6 is 11.8 Å². The Morgan fingerprint density at radius 3 is 2.54 bits per heavy atom. The van der Waals surface area contributed by atoms with Crippen LogP contribution in [0.25, 0.3) is 0 Å². The predicted molar refractivity (Wildman–Crippen MR) is 61.4 cm³/mol. The molecule has 0 aromatic rings. The van der Waals surface area contributed by atoms with Gasteiger partial charge in [-0.25, -0.2) is 0 Å². The third-order valence-corrected chi connectivity index (χ3v) is 2.90. The van der Waals surface area contributed by atoms with Gasteiger partial charge < -0.3 is 10.0 Å². The van der Waals surface area contributed by atoms with Crippen LogP contribution in [0, 0.1) is 0 Å². The zero-order valence-electron chi connectivity index (χ0n) is 8.96. The molecule has 0 atom stereocenters. The number of hydrogen-bond acceptors (Lipinski definition) is 3. The van der Waals surface area contributed by atoms with Crippen LogP contribution in [0.2, 0.25) is 0 Å². The number of aliphatic hydroxyl groups excluding tert-OH is 1. The summed E-state index contributed by atoms with van der Waals surface area (Å²) in [6.07, 6.45) is 3.33. The maximum Gasteiger partial charge on any atom is 0.0431 e. The number of unbranched alkanes of at least 4 members (excludes halogenated alkanes) is 2. The molecule has 0 rings (SSSR count). The van der Waals surface area contributed by atoms with Gasteiger partial charge in [-0.3, -0.25) is 0 Å². The van der Waals surface area contributed by atoms with Gasteiger partial charge in [0.25, 0.3) is 0 Å². The quantitative estimate of drug-likeness (QED) is 0.581. The molecule has 0 aliphatic rings. The van der Waals surface area contributed by atoms with Gasteiger partial charge in [0.2, 0.25) is 0 Å². The van der Waals surface area contributed by atoms with E-state index in [1.807, 2.05) is 11.8 Å². The van der Waals surface area contributed by atoms with Gasteiger partial charge in [-0.05, 0) is 38.6 Å². The van der Waals surface area contributed by atoms with Crippen molar-refractivity contribution >= 4 is 11.8 Å². The van der Waals surface area contributed by atoms with Crippen LogP contribution in [-0.2, 0) is 0 Å². The number of rotatable bonds is 9. The lowest BCUT2D eigenvalue weighted by Crippen LogP contribution is -2.22. The second-order valence-corrected chi connectivity index (χ2v) is 4.68. The average molecular weight is 205 g/mol. The molecule has 0 aliphatic heterocycles. The summed E-state index contributed by atoms with van der Waals surface area (Å²) in [6, 6.07) is 0. The van der Waals surface area contributed by atoms with Gasteiger partial charge in [0.1, 0.15) is 0 Å². The van der Waals surface area contributed by atoms with Crippen molar-refractivity contribution in [1.29, 1.82) is 0 Å². The van der Waals surface area contributed by atoms with E-state index in [1.165, 1.54) is 31.0 Å². The number of nitrogens with zero attached hydrogens (tertiary/aromatic N) is 1. The summed E-state index contributed by atoms with van der Waals surface area (Å²) in [4.78, 5) is 2.38. The van der Waals surface area contributed by atoms with Gasteiger partial charge in [0.05, 0.1) is 0 Å². The van der Waals surface area contributed by atoms with Crippen LogP contribution < -0.4 is 0 Å². The third-order valence-electron chi connectivity index (χ3n) is 2.02. The summed E-state index contributed by atoms with van der Waals surface area (Å²) in [7, 11) is 2.18. The lowest BCUT2D eigenvalue weighted by molar-refractivity contribution is 0.275. The molecular weight excluding hydrogens is 182 g/mol. The van der Waals surface area contributed by atoms with E-state index in [4.69, 9.17) is 5.11 Å². The van der Waals surface area contributed by atoms with Crippen molar-refractivity contribution in [2.24, 2.45) is 0 Å². The number of aliphatic hydroxyl groups is 1. The van der Waals surface area contributed by atoms with E-state index in [1.54, 1.807) is 0 Å². The van der Waals surface area contributed by atoms with E-state index < -0.39 is 0 Å². The van der Waals surface area contributed by atoms with Crippen molar-refractivity contribution in [3.05, 3.63) is 0 Å². The van der Waals surface area contributed by atoms with E-state index in [2.05, 4.69) is 18.9 Å². The first-order valence-electron chi connectivity index (χ1n) is 5.18. The van der Waals surface area contributed by atoms with E-state index >= 15 is 0 Å². The molecule has 0 bridgehead atoms. The molecule has 0 aromatic heterocycles. The molecule has 0 spiro atoms. The summed E-state index contributed by atoms with van der Waals surface area (Å²) >= 11 is 2.00. The molecule has 0 saturated carbocycles. The van der Waals surface area contributed by atoms with E-state index in [0.29, 0.717) is 6.61 Å². The molecule has 2 nitrogen and oxygen atoms in total. The van der Waals surface area contributed by atoms with Gasteiger partial charge >= 0.3 is 0 Å². The fourth-order valence-electron chi connectivity index (χ4n) is 1.15. The lowest BCUT2D eigenvalue weighted by Gasteiger charge is -2.15.